The van der Waals surface area contributed by atoms with Crippen LogP contribution >= 0.6 is 34.8 Å². The standard InChI is InChI=1S/C28H21Cl3N4O3S/c29-20-8-3-17(4-9-20)5-11-22(36)14-25-23-15-32-27(33-28(23)35-34-25)19-6-1-18(2-7-19)16-39(37,38)26-13-21(30)10-12-24(26)31/h1-4,6-10,12-13,15H,5,11,14,16H2,(H,32,33,34,35). The van der Waals surface area contributed by atoms with Gasteiger partial charge in [-0.05, 0) is 47.9 Å². The first-order valence-corrected chi connectivity index (χ1v) is 14.7. The molecular weight excluding hydrogens is 579 g/mol. The topological polar surface area (TPSA) is 106 Å². The molecule has 0 fully saturated rings. The number of rotatable bonds is 9. The number of aryl methyl sites for hydroxylation is 1. The molecule has 0 bridgehead atoms. The van der Waals surface area contributed by atoms with Gasteiger partial charge in [0.15, 0.2) is 21.3 Å². The van der Waals surface area contributed by atoms with E-state index in [2.05, 4.69) is 20.2 Å². The van der Waals surface area contributed by atoms with Crippen molar-refractivity contribution in [2.45, 2.75) is 29.9 Å². The average Bonchev–Trinajstić information content (AvgIpc) is 3.31. The molecule has 39 heavy (non-hydrogen) atoms. The molecule has 0 amide bonds. The number of carbonyl (C=O) groups excluding carboxylic acids is 1. The second kappa shape index (κ2) is 11.4. The Labute approximate surface area is 240 Å². The van der Waals surface area contributed by atoms with E-state index >= 15 is 0 Å². The lowest BCUT2D eigenvalue weighted by Gasteiger charge is -2.08. The van der Waals surface area contributed by atoms with Crippen molar-refractivity contribution in [2.75, 3.05) is 0 Å². The maximum absolute atomic E-state index is 12.9. The average molecular weight is 600 g/mol. The zero-order valence-electron chi connectivity index (χ0n) is 20.4. The van der Waals surface area contributed by atoms with Gasteiger partial charge >= 0.3 is 0 Å². The van der Waals surface area contributed by atoms with Crippen LogP contribution in [0.1, 0.15) is 23.2 Å². The Balaban J connectivity index is 1.26. The van der Waals surface area contributed by atoms with Gasteiger partial charge < -0.3 is 0 Å². The van der Waals surface area contributed by atoms with E-state index in [1.807, 2.05) is 24.3 Å². The van der Waals surface area contributed by atoms with Crippen LogP contribution in [0, 0.1) is 0 Å². The smallest absolute Gasteiger partial charge is 0.184 e. The first kappa shape index (κ1) is 27.3. The van der Waals surface area contributed by atoms with Gasteiger partial charge in [-0.2, -0.15) is 5.10 Å². The fourth-order valence-corrected chi connectivity index (χ4v) is 6.40. The molecule has 198 valence electrons. The Bertz CT molecular complexity index is 1770. The van der Waals surface area contributed by atoms with Crippen LogP contribution in [0.5, 0.6) is 0 Å². The number of nitrogens with zero attached hydrogens (tertiary/aromatic N) is 3. The Hall–Kier alpha value is -3.30. The molecule has 7 nitrogen and oxygen atoms in total. The van der Waals surface area contributed by atoms with Crippen LogP contribution in [0.2, 0.25) is 15.1 Å². The number of halogens is 3. The summed E-state index contributed by atoms with van der Waals surface area (Å²) >= 11 is 18.0. The van der Waals surface area contributed by atoms with Crippen molar-refractivity contribution in [3.05, 3.63) is 105 Å². The Morgan fingerprint density at radius 1 is 0.872 bits per heavy atom. The highest BCUT2D eigenvalue weighted by Gasteiger charge is 2.20. The summed E-state index contributed by atoms with van der Waals surface area (Å²) < 4.78 is 25.7. The first-order valence-electron chi connectivity index (χ1n) is 11.9. The maximum Gasteiger partial charge on any atom is 0.184 e. The zero-order chi connectivity index (χ0) is 27.6. The minimum Gasteiger partial charge on any atom is -0.299 e. The van der Waals surface area contributed by atoms with E-state index < -0.39 is 9.84 Å². The van der Waals surface area contributed by atoms with Crippen molar-refractivity contribution < 1.29 is 13.2 Å². The highest BCUT2D eigenvalue weighted by molar-refractivity contribution is 7.90. The molecule has 0 saturated heterocycles. The number of hydrogen-bond donors (Lipinski definition) is 1. The van der Waals surface area contributed by atoms with E-state index in [4.69, 9.17) is 34.8 Å². The van der Waals surface area contributed by atoms with Gasteiger partial charge in [0.1, 0.15) is 5.78 Å². The summed E-state index contributed by atoms with van der Waals surface area (Å²) in [5.74, 6) is 0.272. The van der Waals surface area contributed by atoms with Crippen molar-refractivity contribution in [1.82, 2.24) is 20.2 Å². The van der Waals surface area contributed by atoms with Crippen molar-refractivity contribution in [3.63, 3.8) is 0 Å². The lowest BCUT2D eigenvalue weighted by atomic mass is 10.0. The SMILES string of the molecule is O=C(CCc1ccc(Cl)cc1)Cc1[nH]nc2nc(-c3ccc(CS(=O)(=O)c4cc(Cl)ccc4Cl)cc3)ncc12. The largest absolute Gasteiger partial charge is 0.299 e. The molecule has 2 aromatic heterocycles. The monoisotopic (exact) mass is 598 g/mol. The van der Waals surface area contributed by atoms with Crippen LogP contribution in [0.15, 0.2) is 77.8 Å². The van der Waals surface area contributed by atoms with Gasteiger partial charge in [-0.15, -0.1) is 0 Å². The molecule has 0 unspecified atom stereocenters. The lowest BCUT2D eigenvalue weighted by Crippen LogP contribution is -2.06. The molecule has 0 spiro atoms. The molecule has 0 atom stereocenters. The summed E-state index contributed by atoms with van der Waals surface area (Å²) in [6.07, 6.45) is 2.87. The van der Waals surface area contributed by atoms with Gasteiger partial charge in [0.2, 0.25) is 0 Å². The van der Waals surface area contributed by atoms with E-state index in [9.17, 15) is 13.2 Å². The van der Waals surface area contributed by atoms with Gasteiger partial charge in [-0.1, -0.05) is 71.2 Å². The molecule has 5 rings (SSSR count). The molecule has 0 aliphatic carbocycles. The molecule has 0 saturated carbocycles. The zero-order valence-corrected chi connectivity index (χ0v) is 23.4. The van der Waals surface area contributed by atoms with Gasteiger partial charge in [0.25, 0.3) is 0 Å². The third-order valence-corrected chi connectivity index (χ3v) is 8.82. The number of ketones is 1. The number of nitrogens with one attached hydrogen (secondary N) is 1. The predicted molar refractivity (Wildman–Crippen MR) is 153 cm³/mol. The third kappa shape index (κ3) is 6.47. The van der Waals surface area contributed by atoms with Crippen LogP contribution < -0.4 is 0 Å². The fourth-order valence-electron chi connectivity index (χ4n) is 4.11. The number of fused-ring (bicyclic) bond motifs is 1. The summed E-state index contributed by atoms with van der Waals surface area (Å²) in [6.45, 7) is 0. The summed E-state index contributed by atoms with van der Waals surface area (Å²) in [5.41, 5.74) is 3.44. The summed E-state index contributed by atoms with van der Waals surface area (Å²) in [5, 5.41) is 8.93. The molecule has 0 radical (unpaired) electrons. The van der Waals surface area contributed by atoms with E-state index in [0.29, 0.717) is 56.6 Å². The first-order chi connectivity index (χ1) is 18.7. The van der Waals surface area contributed by atoms with Gasteiger partial charge in [0, 0.05) is 34.6 Å². The Morgan fingerprint density at radius 3 is 2.31 bits per heavy atom. The number of benzene rings is 3. The number of aromatic amines is 1. The highest BCUT2D eigenvalue weighted by atomic mass is 35.5. The molecule has 11 heteroatoms. The number of sulfone groups is 1. The second-order valence-electron chi connectivity index (χ2n) is 9.01. The molecule has 5 aromatic rings. The van der Waals surface area contributed by atoms with Gasteiger partial charge in [-0.25, -0.2) is 18.4 Å². The number of carbonyl (C=O) groups is 1. The number of hydrogen-bond acceptors (Lipinski definition) is 6. The van der Waals surface area contributed by atoms with Crippen molar-refractivity contribution in [3.8, 4) is 11.4 Å². The van der Waals surface area contributed by atoms with Crippen LogP contribution in [0.25, 0.3) is 22.4 Å². The van der Waals surface area contributed by atoms with Crippen LogP contribution in [-0.2, 0) is 33.2 Å². The van der Waals surface area contributed by atoms with E-state index in [1.165, 1.54) is 18.2 Å². The molecule has 0 aliphatic heterocycles. The van der Waals surface area contributed by atoms with Gasteiger partial charge in [-0.3, -0.25) is 9.89 Å². The van der Waals surface area contributed by atoms with Crippen LogP contribution in [0.3, 0.4) is 0 Å². The molecule has 1 N–H and O–H groups in total. The Morgan fingerprint density at radius 2 is 1.56 bits per heavy atom. The second-order valence-corrected chi connectivity index (χ2v) is 12.2. The normalized spacial score (nSPS) is 11.7. The highest BCUT2D eigenvalue weighted by Crippen LogP contribution is 2.28. The molecule has 3 aromatic carbocycles. The summed E-state index contributed by atoms with van der Waals surface area (Å²) in [6, 6.07) is 18.7. The number of H-pyrrole nitrogens is 1. The number of aromatic nitrogens is 4. The lowest BCUT2D eigenvalue weighted by molar-refractivity contribution is -0.118. The van der Waals surface area contributed by atoms with Gasteiger partial charge in [0.05, 0.1) is 26.8 Å². The van der Waals surface area contributed by atoms with Crippen molar-refractivity contribution in [2.24, 2.45) is 0 Å². The molecule has 0 aliphatic rings. The number of Topliss-reactive ketones (excluding diaryl/α,β-unsaturated/α-hetero) is 1. The molecular formula is C28H21Cl3N4O3S. The fraction of sp³-hybridized carbons (Fsp3) is 0.143. The van der Waals surface area contributed by atoms with E-state index in [0.717, 1.165) is 5.56 Å². The van der Waals surface area contributed by atoms with E-state index in [1.54, 1.807) is 30.5 Å². The van der Waals surface area contributed by atoms with Crippen LogP contribution in [-0.4, -0.2) is 34.4 Å². The van der Waals surface area contributed by atoms with E-state index in [-0.39, 0.29) is 27.9 Å². The maximum atomic E-state index is 12.9. The molecule has 2 heterocycles. The van der Waals surface area contributed by atoms with Crippen molar-refractivity contribution in [1.29, 1.82) is 0 Å². The summed E-state index contributed by atoms with van der Waals surface area (Å²) in [4.78, 5) is 21.5. The van der Waals surface area contributed by atoms with Crippen molar-refractivity contribution >= 4 is 61.5 Å². The summed E-state index contributed by atoms with van der Waals surface area (Å²) in [7, 11) is -3.70. The quantitative estimate of drug-likeness (QED) is 0.202. The minimum atomic E-state index is -3.70. The Kier molecular flexibility index (Phi) is 8.00. The third-order valence-electron chi connectivity index (χ3n) is 6.17. The minimum absolute atomic E-state index is 0.00711. The predicted octanol–water partition coefficient (Wildman–Crippen LogP) is 6.70. The van der Waals surface area contributed by atoms with Crippen LogP contribution in [0.4, 0.5) is 0 Å².